The number of nitro benzene ring substituents is 1. The fraction of sp³-hybridized carbons (Fsp3) is 0.538. The second-order valence-electron chi connectivity index (χ2n) is 5.36. The Hall–Kier alpha value is -1.51. The molecule has 1 saturated heterocycles. The van der Waals surface area contributed by atoms with E-state index in [1.54, 1.807) is 0 Å². The van der Waals surface area contributed by atoms with Crippen LogP contribution < -0.4 is 5.73 Å². The van der Waals surface area contributed by atoms with Crippen molar-refractivity contribution in [3.05, 3.63) is 34.4 Å². The number of hydrogen-bond donors (Lipinski definition) is 1. The number of non-ortho nitro benzene ring substituents is 1. The Morgan fingerprint density at radius 2 is 2.00 bits per heavy atom. The molecule has 116 valence electrons. The number of nitro groups is 1. The van der Waals surface area contributed by atoms with E-state index in [0.29, 0.717) is 31.8 Å². The van der Waals surface area contributed by atoms with Crippen LogP contribution in [0.1, 0.15) is 19.8 Å². The number of sulfonamides is 1. The molecule has 2 rings (SSSR count). The molecule has 1 aliphatic heterocycles. The molecule has 7 nitrogen and oxygen atoms in total. The van der Waals surface area contributed by atoms with Crippen LogP contribution in [0.5, 0.6) is 0 Å². The average Bonchev–Trinajstić information content (AvgIpc) is 2.47. The number of hydrogen-bond acceptors (Lipinski definition) is 5. The van der Waals surface area contributed by atoms with Gasteiger partial charge in [-0.1, -0.05) is 6.07 Å². The van der Waals surface area contributed by atoms with Crippen LogP contribution in [0.25, 0.3) is 0 Å². The van der Waals surface area contributed by atoms with Gasteiger partial charge in [-0.25, -0.2) is 8.42 Å². The van der Waals surface area contributed by atoms with E-state index in [2.05, 4.69) is 0 Å². The van der Waals surface area contributed by atoms with Crippen LogP contribution in [-0.2, 0) is 10.0 Å². The largest absolute Gasteiger partial charge is 0.328 e. The van der Waals surface area contributed by atoms with Crippen molar-refractivity contribution in [2.24, 2.45) is 11.7 Å². The summed E-state index contributed by atoms with van der Waals surface area (Å²) >= 11 is 0. The highest BCUT2D eigenvalue weighted by Crippen LogP contribution is 2.26. The van der Waals surface area contributed by atoms with E-state index in [1.165, 1.54) is 22.5 Å². The number of piperidine rings is 1. The molecule has 1 unspecified atom stereocenters. The number of rotatable bonds is 4. The second kappa shape index (κ2) is 6.08. The van der Waals surface area contributed by atoms with Gasteiger partial charge in [0, 0.05) is 31.3 Å². The van der Waals surface area contributed by atoms with E-state index in [1.807, 2.05) is 6.92 Å². The van der Waals surface area contributed by atoms with Gasteiger partial charge in [-0.05, 0) is 31.7 Å². The average molecular weight is 313 g/mol. The third kappa shape index (κ3) is 3.39. The zero-order valence-corrected chi connectivity index (χ0v) is 12.6. The summed E-state index contributed by atoms with van der Waals surface area (Å²) in [6.07, 6.45) is 1.43. The molecule has 1 fully saturated rings. The maximum Gasteiger partial charge on any atom is 0.270 e. The maximum atomic E-state index is 12.5. The summed E-state index contributed by atoms with van der Waals surface area (Å²) in [5, 5.41) is 10.8. The van der Waals surface area contributed by atoms with E-state index < -0.39 is 14.9 Å². The molecule has 2 N–H and O–H groups in total. The third-order valence-electron chi connectivity index (χ3n) is 3.91. The molecule has 21 heavy (non-hydrogen) atoms. The predicted octanol–water partition coefficient (Wildman–Crippen LogP) is 1.34. The van der Waals surface area contributed by atoms with Gasteiger partial charge in [0.05, 0.1) is 9.82 Å². The Kier molecular flexibility index (Phi) is 4.60. The van der Waals surface area contributed by atoms with Crippen molar-refractivity contribution in [3.8, 4) is 0 Å². The molecule has 1 aliphatic rings. The van der Waals surface area contributed by atoms with Crippen molar-refractivity contribution in [1.82, 2.24) is 4.31 Å². The standard InChI is InChI=1S/C13H19N3O4S/c1-10(14)11-5-7-15(8-6-11)21(19,20)13-4-2-3-12(9-13)16(17)18/h2-4,9-11H,5-8,14H2,1H3. The number of nitrogens with two attached hydrogens (primary N) is 1. The monoisotopic (exact) mass is 313 g/mol. The van der Waals surface area contributed by atoms with E-state index >= 15 is 0 Å². The highest BCUT2D eigenvalue weighted by atomic mass is 32.2. The summed E-state index contributed by atoms with van der Waals surface area (Å²) in [6, 6.07) is 5.21. The molecule has 8 heteroatoms. The van der Waals surface area contributed by atoms with Gasteiger partial charge < -0.3 is 5.73 Å². The van der Waals surface area contributed by atoms with Gasteiger partial charge in [-0.2, -0.15) is 4.31 Å². The highest BCUT2D eigenvalue weighted by molar-refractivity contribution is 7.89. The molecule has 0 amide bonds. The van der Waals surface area contributed by atoms with Crippen LogP contribution >= 0.6 is 0 Å². The van der Waals surface area contributed by atoms with Crippen molar-refractivity contribution < 1.29 is 13.3 Å². The Morgan fingerprint density at radius 1 is 1.38 bits per heavy atom. The first-order chi connectivity index (χ1) is 9.82. The zero-order chi connectivity index (χ0) is 15.6. The first kappa shape index (κ1) is 15.9. The Bertz CT molecular complexity index is 622. The summed E-state index contributed by atoms with van der Waals surface area (Å²) < 4.78 is 26.4. The van der Waals surface area contributed by atoms with Crippen LogP contribution in [0.15, 0.2) is 29.2 Å². The van der Waals surface area contributed by atoms with Crippen LogP contribution in [-0.4, -0.2) is 36.8 Å². The van der Waals surface area contributed by atoms with Crippen LogP contribution in [0.3, 0.4) is 0 Å². The lowest BCUT2D eigenvalue weighted by atomic mass is 9.92. The molecule has 0 bridgehead atoms. The normalized spacial score (nSPS) is 19.3. The minimum absolute atomic E-state index is 0.0315. The van der Waals surface area contributed by atoms with Crippen LogP contribution in [0.2, 0.25) is 0 Å². The lowest BCUT2D eigenvalue weighted by Gasteiger charge is -2.32. The summed E-state index contributed by atoms with van der Waals surface area (Å²) in [7, 11) is -3.68. The first-order valence-electron chi connectivity index (χ1n) is 6.82. The SMILES string of the molecule is CC(N)C1CCN(S(=O)(=O)c2cccc([N+](=O)[O-])c2)CC1. The molecule has 0 aliphatic carbocycles. The molecule has 1 aromatic carbocycles. The van der Waals surface area contributed by atoms with E-state index in [9.17, 15) is 18.5 Å². The maximum absolute atomic E-state index is 12.5. The fourth-order valence-electron chi connectivity index (χ4n) is 2.55. The van der Waals surface area contributed by atoms with Gasteiger partial charge in [0.2, 0.25) is 10.0 Å². The molecular formula is C13H19N3O4S. The molecule has 0 spiro atoms. The van der Waals surface area contributed by atoms with Gasteiger partial charge in [0.15, 0.2) is 0 Å². The molecule has 1 atom stereocenters. The predicted molar refractivity (Wildman–Crippen MR) is 78.2 cm³/mol. The summed E-state index contributed by atoms with van der Waals surface area (Å²) in [5.41, 5.74) is 5.62. The molecule has 1 heterocycles. The summed E-state index contributed by atoms with van der Waals surface area (Å²) in [4.78, 5) is 10.1. The van der Waals surface area contributed by atoms with Crippen molar-refractivity contribution in [1.29, 1.82) is 0 Å². The van der Waals surface area contributed by atoms with Crippen molar-refractivity contribution in [3.63, 3.8) is 0 Å². The topological polar surface area (TPSA) is 107 Å². The van der Waals surface area contributed by atoms with Gasteiger partial charge in [-0.3, -0.25) is 10.1 Å². The van der Waals surface area contributed by atoms with Crippen LogP contribution in [0.4, 0.5) is 5.69 Å². The van der Waals surface area contributed by atoms with Gasteiger partial charge >= 0.3 is 0 Å². The summed E-state index contributed by atoms with van der Waals surface area (Å²) in [5.74, 6) is 0.321. The van der Waals surface area contributed by atoms with Gasteiger partial charge in [0.25, 0.3) is 5.69 Å². The van der Waals surface area contributed by atoms with Gasteiger partial charge in [-0.15, -0.1) is 0 Å². The van der Waals surface area contributed by atoms with E-state index in [4.69, 9.17) is 5.73 Å². The molecule has 0 saturated carbocycles. The number of benzene rings is 1. The van der Waals surface area contributed by atoms with Crippen molar-refractivity contribution in [2.75, 3.05) is 13.1 Å². The Morgan fingerprint density at radius 3 is 2.52 bits per heavy atom. The van der Waals surface area contributed by atoms with Crippen molar-refractivity contribution >= 4 is 15.7 Å². The Labute approximate surface area is 123 Å². The van der Waals surface area contributed by atoms with E-state index in [-0.39, 0.29) is 16.6 Å². The second-order valence-corrected chi connectivity index (χ2v) is 7.29. The van der Waals surface area contributed by atoms with Crippen molar-refractivity contribution in [2.45, 2.75) is 30.7 Å². The molecule has 1 aromatic rings. The molecule has 0 radical (unpaired) electrons. The molecule has 0 aromatic heterocycles. The third-order valence-corrected chi connectivity index (χ3v) is 5.80. The quantitative estimate of drug-likeness (QED) is 0.667. The summed E-state index contributed by atoms with van der Waals surface area (Å²) in [6.45, 7) is 2.73. The highest BCUT2D eigenvalue weighted by Gasteiger charge is 2.31. The smallest absolute Gasteiger partial charge is 0.270 e. The van der Waals surface area contributed by atoms with Crippen LogP contribution in [0, 0.1) is 16.0 Å². The minimum Gasteiger partial charge on any atom is -0.328 e. The van der Waals surface area contributed by atoms with E-state index in [0.717, 1.165) is 6.07 Å². The lowest BCUT2D eigenvalue weighted by molar-refractivity contribution is -0.385. The Balaban J connectivity index is 2.19. The molecular weight excluding hydrogens is 294 g/mol. The van der Waals surface area contributed by atoms with Gasteiger partial charge in [0.1, 0.15) is 0 Å². The number of nitrogens with zero attached hydrogens (tertiary/aromatic N) is 2. The lowest BCUT2D eigenvalue weighted by Crippen LogP contribution is -2.42. The minimum atomic E-state index is -3.68. The fourth-order valence-corrected chi connectivity index (χ4v) is 4.06. The first-order valence-corrected chi connectivity index (χ1v) is 8.26. The zero-order valence-electron chi connectivity index (χ0n) is 11.8.